The minimum Gasteiger partial charge on any atom is -0.476 e. The first kappa shape index (κ1) is 19.3. The topological polar surface area (TPSA) is 89.7 Å². The van der Waals surface area contributed by atoms with Crippen LogP contribution >= 0.6 is 11.6 Å². The second-order valence-electron chi connectivity index (χ2n) is 5.66. The molecule has 0 unspecified atom stereocenters. The number of hydrogen-bond acceptors (Lipinski definition) is 4. The number of amides is 1. The van der Waals surface area contributed by atoms with Crippen LogP contribution in [0.3, 0.4) is 0 Å². The highest BCUT2D eigenvalue weighted by molar-refractivity contribution is 7.93. The fraction of sp³-hybridized carbons (Fsp3) is 0.188. The van der Waals surface area contributed by atoms with E-state index in [1.165, 1.54) is 18.2 Å². The number of nitrogens with zero attached hydrogens (tertiary/aromatic N) is 1. The number of primary amides is 1. The highest BCUT2D eigenvalue weighted by atomic mass is 35.5. The Balaban J connectivity index is 2.16. The summed E-state index contributed by atoms with van der Waals surface area (Å²) in [6.07, 6.45) is -6.06. The molecule has 1 aliphatic rings. The summed E-state index contributed by atoms with van der Waals surface area (Å²) >= 11 is 5.88. The molecule has 6 nitrogen and oxygen atoms in total. The third-order valence-electron chi connectivity index (χ3n) is 3.88. The average molecular weight is 421 g/mol. The Bertz CT molecular complexity index is 1010. The largest absolute Gasteiger partial charge is 0.476 e. The van der Waals surface area contributed by atoms with Crippen molar-refractivity contribution in [1.82, 2.24) is 0 Å². The van der Waals surface area contributed by atoms with Crippen LogP contribution in [0.25, 0.3) is 0 Å². The molecule has 1 amide bonds. The van der Waals surface area contributed by atoms with E-state index in [-0.39, 0.29) is 16.5 Å². The van der Waals surface area contributed by atoms with Crippen LogP contribution in [0, 0.1) is 0 Å². The smallest absolute Gasteiger partial charge is 0.416 e. The first-order chi connectivity index (χ1) is 12.5. The lowest BCUT2D eigenvalue weighted by molar-refractivity contribution is -0.137. The van der Waals surface area contributed by atoms with Crippen molar-refractivity contribution >= 4 is 33.2 Å². The molecule has 2 N–H and O–H groups in total. The standard InChI is InChI=1S/C16H12ClF3N2O4S/c17-10-6-5-9(16(18,19)20)7-14(10)27(24,25)22-8-13(15(21)23)26-12-4-2-1-3-11(12)22/h1-7,13H,8H2,(H2,21,23)/t13-/m1/s1. The predicted octanol–water partition coefficient (Wildman–Crippen LogP) is 2.80. The molecule has 144 valence electrons. The maximum Gasteiger partial charge on any atom is 0.416 e. The molecule has 0 spiro atoms. The zero-order valence-corrected chi connectivity index (χ0v) is 15.0. The molecule has 0 fully saturated rings. The number of fused-ring (bicyclic) bond motifs is 1. The van der Waals surface area contributed by atoms with Crippen LogP contribution in [0.4, 0.5) is 18.9 Å². The van der Waals surface area contributed by atoms with E-state index in [2.05, 4.69) is 0 Å². The molecule has 2 aromatic carbocycles. The molecule has 0 radical (unpaired) electrons. The van der Waals surface area contributed by atoms with E-state index >= 15 is 0 Å². The number of sulfonamides is 1. The third-order valence-corrected chi connectivity index (χ3v) is 6.14. The van der Waals surface area contributed by atoms with E-state index in [0.29, 0.717) is 12.1 Å². The summed E-state index contributed by atoms with van der Waals surface area (Å²) in [6.45, 7) is -0.499. The Hall–Kier alpha value is -2.46. The third kappa shape index (κ3) is 3.54. The number of rotatable bonds is 3. The number of para-hydroxylation sites is 2. The number of carbonyl (C=O) groups is 1. The first-order valence-electron chi connectivity index (χ1n) is 7.46. The van der Waals surface area contributed by atoms with Gasteiger partial charge in [0.1, 0.15) is 10.6 Å². The number of hydrogen-bond donors (Lipinski definition) is 1. The van der Waals surface area contributed by atoms with Gasteiger partial charge >= 0.3 is 6.18 Å². The maximum atomic E-state index is 13.1. The van der Waals surface area contributed by atoms with Crippen molar-refractivity contribution in [2.45, 2.75) is 17.2 Å². The van der Waals surface area contributed by atoms with Crippen LogP contribution in [-0.2, 0) is 21.0 Å². The molecule has 0 aliphatic carbocycles. The molecule has 1 atom stereocenters. The highest BCUT2D eigenvalue weighted by Crippen LogP contribution is 2.39. The average Bonchev–Trinajstić information content (AvgIpc) is 2.59. The minimum absolute atomic E-state index is 0.0548. The lowest BCUT2D eigenvalue weighted by Crippen LogP contribution is -2.49. The number of alkyl halides is 3. The fourth-order valence-corrected chi connectivity index (χ4v) is 4.55. The molecule has 0 saturated heterocycles. The first-order valence-corrected chi connectivity index (χ1v) is 9.28. The van der Waals surface area contributed by atoms with Crippen LogP contribution in [0.1, 0.15) is 5.56 Å². The molecular weight excluding hydrogens is 409 g/mol. The van der Waals surface area contributed by atoms with Crippen molar-refractivity contribution in [1.29, 1.82) is 0 Å². The van der Waals surface area contributed by atoms with Gasteiger partial charge in [0, 0.05) is 0 Å². The van der Waals surface area contributed by atoms with E-state index in [1.54, 1.807) is 6.07 Å². The van der Waals surface area contributed by atoms with Gasteiger partial charge in [-0.3, -0.25) is 9.10 Å². The molecule has 0 bridgehead atoms. The van der Waals surface area contributed by atoms with Crippen molar-refractivity contribution in [2.24, 2.45) is 5.73 Å². The Morgan fingerprint density at radius 3 is 2.52 bits per heavy atom. The number of benzene rings is 2. The van der Waals surface area contributed by atoms with Crippen molar-refractivity contribution in [3.63, 3.8) is 0 Å². The molecule has 3 rings (SSSR count). The molecule has 1 aliphatic heterocycles. The summed E-state index contributed by atoms with van der Waals surface area (Å²) in [7, 11) is -4.54. The Labute approximate surface area is 157 Å². The fourth-order valence-electron chi connectivity index (χ4n) is 2.57. The van der Waals surface area contributed by atoms with Gasteiger partial charge in [-0.25, -0.2) is 8.42 Å². The second-order valence-corrected chi connectivity index (χ2v) is 7.89. The zero-order valence-electron chi connectivity index (χ0n) is 13.4. The summed E-state index contributed by atoms with van der Waals surface area (Å²) < 4.78 is 71.3. The molecule has 1 heterocycles. The van der Waals surface area contributed by atoms with Gasteiger partial charge in [-0.1, -0.05) is 23.7 Å². The van der Waals surface area contributed by atoms with E-state index in [0.717, 1.165) is 10.4 Å². The number of carbonyl (C=O) groups excluding carboxylic acids is 1. The molecule has 27 heavy (non-hydrogen) atoms. The summed E-state index contributed by atoms with van der Waals surface area (Å²) in [5.74, 6) is -0.862. The van der Waals surface area contributed by atoms with Gasteiger partial charge in [-0.05, 0) is 30.3 Å². The Morgan fingerprint density at radius 1 is 1.22 bits per heavy atom. The van der Waals surface area contributed by atoms with Gasteiger partial charge in [0.2, 0.25) is 0 Å². The monoisotopic (exact) mass is 420 g/mol. The van der Waals surface area contributed by atoms with E-state index in [9.17, 15) is 26.4 Å². The second kappa shape index (κ2) is 6.61. The maximum absolute atomic E-state index is 13.1. The predicted molar refractivity (Wildman–Crippen MR) is 91.0 cm³/mol. The normalized spacial score (nSPS) is 17.2. The van der Waals surface area contributed by atoms with Gasteiger partial charge in [-0.2, -0.15) is 13.2 Å². The SMILES string of the molecule is NC(=O)[C@H]1CN(S(=O)(=O)c2cc(C(F)(F)F)ccc2Cl)c2ccccc2O1. The van der Waals surface area contributed by atoms with E-state index < -0.39 is 45.2 Å². The van der Waals surface area contributed by atoms with E-state index in [1.807, 2.05) is 0 Å². The van der Waals surface area contributed by atoms with Gasteiger partial charge in [0.25, 0.3) is 15.9 Å². The van der Waals surface area contributed by atoms with Crippen molar-refractivity contribution < 1.29 is 31.1 Å². The van der Waals surface area contributed by atoms with Crippen molar-refractivity contribution in [3.05, 3.63) is 53.1 Å². The number of ether oxygens (including phenoxy) is 1. The molecular formula is C16H12ClF3N2O4S. The molecule has 0 aromatic heterocycles. The minimum atomic E-state index is -4.76. The van der Waals surface area contributed by atoms with Crippen LogP contribution in [-0.4, -0.2) is 27.0 Å². The van der Waals surface area contributed by atoms with Gasteiger partial charge in [0.15, 0.2) is 6.10 Å². The highest BCUT2D eigenvalue weighted by Gasteiger charge is 2.39. The Morgan fingerprint density at radius 2 is 1.89 bits per heavy atom. The number of halogens is 4. The number of anilines is 1. The molecule has 2 aromatic rings. The lowest BCUT2D eigenvalue weighted by atomic mass is 10.2. The van der Waals surface area contributed by atoms with Crippen LogP contribution in [0.5, 0.6) is 5.75 Å². The van der Waals surface area contributed by atoms with Crippen LogP contribution in [0.15, 0.2) is 47.4 Å². The summed E-state index contributed by atoms with van der Waals surface area (Å²) in [5.41, 5.74) is 4.11. The van der Waals surface area contributed by atoms with Gasteiger partial charge in [0.05, 0.1) is 22.8 Å². The van der Waals surface area contributed by atoms with Crippen LogP contribution < -0.4 is 14.8 Å². The molecule has 11 heteroatoms. The van der Waals surface area contributed by atoms with Gasteiger partial charge < -0.3 is 10.5 Å². The molecule has 0 saturated carbocycles. The number of nitrogens with two attached hydrogens (primary N) is 1. The zero-order chi connectivity index (χ0) is 20.0. The van der Waals surface area contributed by atoms with Crippen molar-refractivity contribution in [2.75, 3.05) is 10.8 Å². The Kier molecular flexibility index (Phi) is 4.73. The summed E-state index contributed by atoms with van der Waals surface area (Å²) in [4.78, 5) is 10.8. The van der Waals surface area contributed by atoms with Crippen LogP contribution in [0.2, 0.25) is 5.02 Å². The summed E-state index contributed by atoms with van der Waals surface area (Å²) in [5, 5.41) is -0.386. The van der Waals surface area contributed by atoms with Crippen molar-refractivity contribution in [3.8, 4) is 5.75 Å². The van der Waals surface area contributed by atoms with Gasteiger partial charge in [-0.15, -0.1) is 0 Å². The van der Waals surface area contributed by atoms with E-state index in [4.69, 9.17) is 22.1 Å². The quantitative estimate of drug-likeness (QED) is 0.826. The lowest BCUT2D eigenvalue weighted by Gasteiger charge is -2.34. The summed E-state index contributed by atoms with van der Waals surface area (Å²) in [6, 6.07) is 7.87.